The van der Waals surface area contributed by atoms with Gasteiger partial charge in [-0.1, -0.05) is 12.1 Å². The molecule has 1 atom stereocenters. The number of rotatable bonds is 4. The minimum Gasteiger partial charge on any atom is -0.487 e. The van der Waals surface area contributed by atoms with Crippen LogP contribution in [0, 0.1) is 13.8 Å². The molecular formula is C19H24N6O. The van der Waals surface area contributed by atoms with Gasteiger partial charge in [-0.05, 0) is 38.9 Å². The first kappa shape index (κ1) is 16.8. The Morgan fingerprint density at radius 3 is 2.73 bits per heavy atom. The zero-order valence-corrected chi connectivity index (χ0v) is 15.7. The van der Waals surface area contributed by atoms with Crippen molar-refractivity contribution in [2.75, 3.05) is 32.1 Å². The molecule has 7 nitrogen and oxygen atoms in total. The Bertz CT molecular complexity index is 943. The smallest absolute Gasteiger partial charge is 0.179 e. The molecule has 1 N–H and O–H groups in total. The summed E-state index contributed by atoms with van der Waals surface area (Å²) in [6.45, 7) is 5.92. The molecule has 1 fully saturated rings. The molecule has 0 amide bonds. The topological polar surface area (TPSA) is 68.1 Å². The first-order chi connectivity index (χ1) is 12.6. The van der Waals surface area contributed by atoms with Crippen LogP contribution >= 0.6 is 0 Å². The second-order valence-electron chi connectivity index (χ2n) is 6.92. The van der Waals surface area contributed by atoms with Crippen LogP contribution in [-0.2, 0) is 0 Å². The summed E-state index contributed by atoms with van der Waals surface area (Å²) in [6, 6.07) is 8.06. The molecular weight excluding hydrogens is 328 g/mol. The molecule has 3 aromatic rings. The highest BCUT2D eigenvalue weighted by Gasteiger charge is 2.21. The zero-order valence-electron chi connectivity index (χ0n) is 15.7. The third-order valence-corrected chi connectivity index (χ3v) is 4.81. The molecule has 0 aliphatic carbocycles. The van der Waals surface area contributed by atoms with E-state index in [4.69, 9.17) is 9.84 Å². The highest BCUT2D eigenvalue weighted by Crippen LogP contribution is 2.31. The fourth-order valence-corrected chi connectivity index (χ4v) is 3.49. The van der Waals surface area contributed by atoms with Gasteiger partial charge in [-0.15, -0.1) is 5.10 Å². The largest absolute Gasteiger partial charge is 0.487 e. The first-order valence-electron chi connectivity index (χ1n) is 8.93. The van der Waals surface area contributed by atoms with Crippen molar-refractivity contribution in [2.24, 2.45) is 0 Å². The number of hydrogen-bond acceptors (Lipinski definition) is 6. The maximum Gasteiger partial charge on any atom is 0.179 e. The third kappa shape index (κ3) is 2.78. The molecule has 0 radical (unpaired) electrons. The lowest BCUT2D eigenvalue weighted by Gasteiger charge is -2.16. The Morgan fingerprint density at radius 1 is 1.19 bits per heavy atom. The highest BCUT2D eigenvalue weighted by molar-refractivity contribution is 5.92. The van der Waals surface area contributed by atoms with Crippen LogP contribution in [0.4, 0.5) is 5.82 Å². The molecule has 136 valence electrons. The molecule has 0 spiro atoms. The number of nitrogens with zero attached hydrogens (tertiary/aromatic N) is 5. The van der Waals surface area contributed by atoms with Crippen LogP contribution in [-0.4, -0.2) is 53.3 Å². The van der Waals surface area contributed by atoms with E-state index in [0.29, 0.717) is 0 Å². The van der Waals surface area contributed by atoms with Gasteiger partial charge in [0.15, 0.2) is 5.82 Å². The van der Waals surface area contributed by atoms with E-state index in [0.717, 1.165) is 59.1 Å². The van der Waals surface area contributed by atoms with Crippen molar-refractivity contribution in [3.63, 3.8) is 0 Å². The van der Waals surface area contributed by atoms with Crippen molar-refractivity contribution in [2.45, 2.75) is 26.4 Å². The van der Waals surface area contributed by atoms with Crippen LogP contribution in [0.5, 0.6) is 5.75 Å². The molecule has 26 heavy (non-hydrogen) atoms. The van der Waals surface area contributed by atoms with Crippen LogP contribution in [0.25, 0.3) is 16.6 Å². The molecule has 4 rings (SSSR count). The normalized spacial score (nSPS) is 17.0. The fourth-order valence-electron chi connectivity index (χ4n) is 3.49. The van der Waals surface area contributed by atoms with E-state index in [9.17, 15) is 0 Å². The van der Waals surface area contributed by atoms with Crippen molar-refractivity contribution < 1.29 is 4.74 Å². The van der Waals surface area contributed by atoms with Crippen molar-refractivity contribution in [3.05, 3.63) is 35.7 Å². The number of nitrogens with one attached hydrogen (secondary N) is 1. The molecule has 1 aromatic carbocycles. The molecule has 1 aliphatic heterocycles. The Labute approximate surface area is 153 Å². The summed E-state index contributed by atoms with van der Waals surface area (Å²) >= 11 is 0. The van der Waals surface area contributed by atoms with Gasteiger partial charge in [0.1, 0.15) is 23.1 Å². The maximum absolute atomic E-state index is 6.25. The molecule has 2 aromatic heterocycles. The minimum atomic E-state index is 0.198. The quantitative estimate of drug-likeness (QED) is 0.777. The van der Waals surface area contributed by atoms with E-state index < -0.39 is 0 Å². The van der Waals surface area contributed by atoms with Gasteiger partial charge in [-0.2, -0.15) is 10.2 Å². The number of anilines is 1. The zero-order chi connectivity index (χ0) is 18.3. The molecule has 1 unspecified atom stereocenters. The van der Waals surface area contributed by atoms with Gasteiger partial charge in [0.25, 0.3) is 0 Å². The Hall–Kier alpha value is -2.67. The van der Waals surface area contributed by atoms with Gasteiger partial charge in [-0.25, -0.2) is 4.68 Å². The van der Waals surface area contributed by atoms with Crippen molar-refractivity contribution >= 4 is 16.7 Å². The second-order valence-corrected chi connectivity index (χ2v) is 6.92. The van der Waals surface area contributed by atoms with E-state index >= 15 is 0 Å². The summed E-state index contributed by atoms with van der Waals surface area (Å²) in [5.41, 5.74) is 3.72. The van der Waals surface area contributed by atoms with E-state index in [2.05, 4.69) is 22.4 Å². The Morgan fingerprint density at radius 2 is 2.00 bits per heavy atom. The van der Waals surface area contributed by atoms with Gasteiger partial charge < -0.3 is 15.0 Å². The minimum absolute atomic E-state index is 0.198. The van der Waals surface area contributed by atoms with Crippen LogP contribution < -0.4 is 15.0 Å². The van der Waals surface area contributed by atoms with Gasteiger partial charge in [-0.3, -0.25) is 0 Å². The van der Waals surface area contributed by atoms with Crippen LogP contribution in [0.3, 0.4) is 0 Å². The molecule has 0 bridgehead atoms. The monoisotopic (exact) mass is 352 g/mol. The number of aryl methyl sites for hydroxylation is 2. The summed E-state index contributed by atoms with van der Waals surface area (Å²) in [5, 5.41) is 17.9. The number of ether oxygens (including phenoxy) is 1. The van der Waals surface area contributed by atoms with Crippen LogP contribution in [0.2, 0.25) is 0 Å². The summed E-state index contributed by atoms with van der Waals surface area (Å²) in [4.78, 5) is 1.94. The third-order valence-electron chi connectivity index (χ3n) is 4.81. The lowest BCUT2D eigenvalue weighted by molar-refractivity contribution is 0.222. The number of benzene rings is 1. The summed E-state index contributed by atoms with van der Waals surface area (Å²) in [5.74, 6) is 1.62. The van der Waals surface area contributed by atoms with Gasteiger partial charge in [0.05, 0.1) is 16.8 Å². The SMILES string of the molecule is Cc1nnc(N(C)C)c2nn(-c3ccccc3OC3CCNC3)c(C)c12. The van der Waals surface area contributed by atoms with Crippen molar-refractivity contribution in [1.29, 1.82) is 0 Å². The lowest BCUT2D eigenvalue weighted by atomic mass is 10.2. The Balaban J connectivity index is 1.86. The molecule has 0 saturated carbocycles. The van der Waals surface area contributed by atoms with E-state index in [1.807, 2.05) is 54.9 Å². The number of para-hydroxylation sites is 2. The van der Waals surface area contributed by atoms with Crippen molar-refractivity contribution in [3.8, 4) is 11.4 Å². The van der Waals surface area contributed by atoms with Gasteiger partial charge in [0, 0.05) is 20.6 Å². The summed E-state index contributed by atoms with van der Waals surface area (Å²) in [7, 11) is 3.91. The predicted octanol–water partition coefficient (Wildman–Crippen LogP) is 2.24. The number of fused-ring (bicyclic) bond motifs is 1. The molecule has 7 heteroatoms. The fraction of sp³-hybridized carbons (Fsp3) is 0.421. The van der Waals surface area contributed by atoms with Crippen molar-refractivity contribution in [1.82, 2.24) is 25.3 Å². The average molecular weight is 352 g/mol. The number of hydrogen-bond donors (Lipinski definition) is 1. The van der Waals surface area contributed by atoms with E-state index in [1.165, 1.54) is 0 Å². The first-order valence-corrected chi connectivity index (χ1v) is 8.93. The Kier molecular flexibility index (Phi) is 4.24. The van der Waals surface area contributed by atoms with Gasteiger partial charge >= 0.3 is 0 Å². The van der Waals surface area contributed by atoms with Crippen LogP contribution in [0.1, 0.15) is 17.8 Å². The van der Waals surface area contributed by atoms with E-state index in [1.54, 1.807) is 0 Å². The van der Waals surface area contributed by atoms with Gasteiger partial charge in [0.2, 0.25) is 0 Å². The van der Waals surface area contributed by atoms with E-state index in [-0.39, 0.29) is 6.10 Å². The standard InChI is InChI=1S/C19H24N6O/c1-12-17-13(2)25(23-18(17)19(22-21-12)24(3)4)15-7-5-6-8-16(15)26-14-9-10-20-11-14/h5-8,14,20H,9-11H2,1-4H3. The number of aromatic nitrogens is 4. The predicted molar refractivity (Wildman–Crippen MR) is 102 cm³/mol. The van der Waals surface area contributed by atoms with Crippen LogP contribution in [0.15, 0.2) is 24.3 Å². The summed E-state index contributed by atoms with van der Waals surface area (Å²) < 4.78 is 8.20. The highest BCUT2D eigenvalue weighted by atomic mass is 16.5. The summed E-state index contributed by atoms with van der Waals surface area (Å²) in [6.07, 6.45) is 1.22. The molecule has 3 heterocycles. The molecule has 1 aliphatic rings. The maximum atomic E-state index is 6.25. The second kappa shape index (κ2) is 6.57. The molecule has 1 saturated heterocycles. The lowest BCUT2D eigenvalue weighted by Crippen LogP contribution is -2.20. The average Bonchev–Trinajstić information content (AvgIpc) is 3.24.